The highest BCUT2D eigenvalue weighted by Gasteiger charge is 2.25. The lowest BCUT2D eigenvalue weighted by Crippen LogP contribution is -2.44. The van der Waals surface area contributed by atoms with Crippen molar-refractivity contribution in [1.29, 1.82) is 0 Å². The van der Waals surface area contributed by atoms with E-state index >= 15 is 0 Å². The standard InChI is InChI=1S/C19H26N4O.ClH/c20-12-16-6-4-5-9-18(16)22-19(24)11-10-15-13-21-23(14-15)17-7-2-1-3-8-17;/h1-3,7-8,13-14,16,18H,4-6,9-12,20H2,(H,22,24);1H. The normalized spacial score (nSPS) is 19.9. The molecule has 5 nitrogen and oxygen atoms in total. The lowest BCUT2D eigenvalue weighted by atomic mass is 9.84. The smallest absolute Gasteiger partial charge is 0.220 e. The van der Waals surface area contributed by atoms with E-state index in [9.17, 15) is 4.79 Å². The van der Waals surface area contributed by atoms with E-state index in [-0.39, 0.29) is 24.4 Å². The molecule has 2 unspecified atom stereocenters. The third-order valence-corrected chi connectivity index (χ3v) is 4.86. The second-order valence-electron chi connectivity index (χ2n) is 6.58. The minimum atomic E-state index is 0. The van der Waals surface area contributed by atoms with Gasteiger partial charge in [0.05, 0.1) is 11.9 Å². The Hall–Kier alpha value is -1.85. The summed E-state index contributed by atoms with van der Waals surface area (Å²) in [6.45, 7) is 0.662. The molecule has 1 amide bonds. The zero-order valence-corrected chi connectivity index (χ0v) is 15.3. The number of nitrogens with zero attached hydrogens (tertiary/aromatic N) is 2. The Bertz CT molecular complexity index is 658. The van der Waals surface area contributed by atoms with Crippen molar-refractivity contribution in [2.75, 3.05) is 6.54 Å². The van der Waals surface area contributed by atoms with Crippen molar-refractivity contribution in [3.8, 4) is 5.69 Å². The van der Waals surface area contributed by atoms with E-state index in [1.165, 1.54) is 12.8 Å². The van der Waals surface area contributed by atoms with Crippen LogP contribution in [0.15, 0.2) is 42.7 Å². The van der Waals surface area contributed by atoms with Gasteiger partial charge in [0.15, 0.2) is 0 Å². The third-order valence-electron chi connectivity index (χ3n) is 4.86. The monoisotopic (exact) mass is 362 g/mol. The van der Waals surface area contributed by atoms with E-state index in [4.69, 9.17) is 5.73 Å². The lowest BCUT2D eigenvalue weighted by molar-refractivity contribution is -0.122. The molecule has 1 aliphatic carbocycles. The molecule has 6 heteroatoms. The number of amides is 1. The summed E-state index contributed by atoms with van der Waals surface area (Å²) in [5.74, 6) is 0.552. The molecule has 2 aromatic rings. The quantitative estimate of drug-likeness (QED) is 0.829. The van der Waals surface area contributed by atoms with Crippen LogP contribution in [0, 0.1) is 5.92 Å². The fourth-order valence-corrected chi connectivity index (χ4v) is 3.43. The molecule has 0 spiro atoms. The Labute approximate surface area is 155 Å². The summed E-state index contributed by atoms with van der Waals surface area (Å²) in [5.41, 5.74) is 7.94. The summed E-state index contributed by atoms with van der Waals surface area (Å²) in [6.07, 6.45) is 9.63. The van der Waals surface area contributed by atoms with Gasteiger partial charge in [0.25, 0.3) is 0 Å². The molecule has 2 atom stereocenters. The molecule has 1 saturated carbocycles. The number of nitrogens with two attached hydrogens (primary N) is 1. The molecule has 1 fully saturated rings. The first-order chi connectivity index (χ1) is 11.8. The Balaban J connectivity index is 0.00000225. The van der Waals surface area contributed by atoms with Gasteiger partial charge in [-0.15, -0.1) is 12.4 Å². The average molecular weight is 363 g/mol. The Morgan fingerprint density at radius 1 is 1.24 bits per heavy atom. The molecule has 1 aromatic carbocycles. The minimum Gasteiger partial charge on any atom is -0.353 e. The number of carbonyl (C=O) groups excluding carboxylic acids is 1. The molecule has 3 N–H and O–H groups in total. The zero-order chi connectivity index (χ0) is 16.8. The largest absolute Gasteiger partial charge is 0.353 e. The van der Waals surface area contributed by atoms with E-state index in [0.29, 0.717) is 25.3 Å². The summed E-state index contributed by atoms with van der Waals surface area (Å²) in [7, 11) is 0. The number of hydrogen-bond acceptors (Lipinski definition) is 3. The van der Waals surface area contributed by atoms with Crippen molar-refractivity contribution < 1.29 is 4.79 Å². The van der Waals surface area contributed by atoms with Crippen molar-refractivity contribution in [2.45, 2.75) is 44.6 Å². The number of aromatic nitrogens is 2. The second-order valence-corrected chi connectivity index (χ2v) is 6.58. The predicted octanol–water partition coefficient (Wildman–Crippen LogP) is 2.86. The maximum atomic E-state index is 12.2. The second kappa shape index (κ2) is 9.59. The highest BCUT2D eigenvalue weighted by Crippen LogP contribution is 2.23. The molecular weight excluding hydrogens is 336 g/mol. The van der Waals surface area contributed by atoms with Gasteiger partial charge in [0, 0.05) is 18.7 Å². The summed E-state index contributed by atoms with van der Waals surface area (Å²) in [5, 5.41) is 7.56. The lowest BCUT2D eigenvalue weighted by Gasteiger charge is -2.31. The van der Waals surface area contributed by atoms with Crippen LogP contribution in [0.25, 0.3) is 5.69 Å². The molecule has 0 radical (unpaired) electrons. The van der Waals surface area contributed by atoms with Crippen LogP contribution in [0.5, 0.6) is 0 Å². The van der Waals surface area contributed by atoms with Gasteiger partial charge in [-0.2, -0.15) is 5.10 Å². The van der Waals surface area contributed by atoms with Crippen LogP contribution in [0.4, 0.5) is 0 Å². The van der Waals surface area contributed by atoms with Crippen molar-refractivity contribution in [2.24, 2.45) is 11.7 Å². The topological polar surface area (TPSA) is 72.9 Å². The summed E-state index contributed by atoms with van der Waals surface area (Å²) >= 11 is 0. The molecule has 0 bridgehead atoms. The number of halogens is 1. The number of hydrogen-bond donors (Lipinski definition) is 2. The Morgan fingerprint density at radius 3 is 2.76 bits per heavy atom. The highest BCUT2D eigenvalue weighted by atomic mass is 35.5. The maximum absolute atomic E-state index is 12.2. The van der Waals surface area contributed by atoms with Crippen LogP contribution >= 0.6 is 12.4 Å². The third kappa shape index (κ3) is 5.31. The molecule has 0 saturated heterocycles. The van der Waals surface area contributed by atoms with Crippen molar-refractivity contribution in [3.05, 3.63) is 48.3 Å². The first-order valence-corrected chi connectivity index (χ1v) is 8.84. The van der Waals surface area contributed by atoms with Crippen LogP contribution in [-0.4, -0.2) is 28.3 Å². The molecule has 3 rings (SSSR count). The maximum Gasteiger partial charge on any atom is 0.220 e. The molecule has 1 aliphatic rings. The minimum absolute atomic E-state index is 0. The van der Waals surface area contributed by atoms with Gasteiger partial charge in [-0.3, -0.25) is 4.79 Å². The molecule has 1 heterocycles. The van der Waals surface area contributed by atoms with Crippen LogP contribution in [-0.2, 0) is 11.2 Å². The number of nitrogens with one attached hydrogen (secondary N) is 1. The summed E-state index contributed by atoms with van der Waals surface area (Å²) in [4.78, 5) is 12.2. The Morgan fingerprint density at radius 2 is 2.00 bits per heavy atom. The van der Waals surface area contributed by atoms with Crippen LogP contribution < -0.4 is 11.1 Å². The number of rotatable bonds is 6. The fraction of sp³-hybridized carbons (Fsp3) is 0.474. The van der Waals surface area contributed by atoms with Gasteiger partial charge in [0.2, 0.25) is 5.91 Å². The van der Waals surface area contributed by atoms with Gasteiger partial charge in [0.1, 0.15) is 0 Å². The molecule has 0 aliphatic heterocycles. The van der Waals surface area contributed by atoms with Gasteiger partial charge in [-0.05, 0) is 49.4 Å². The molecule has 136 valence electrons. The van der Waals surface area contributed by atoms with Crippen molar-refractivity contribution in [3.63, 3.8) is 0 Å². The van der Waals surface area contributed by atoms with Crippen molar-refractivity contribution in [1.82, 2.24) is 15.1 Å². The van der Waals surface area contributed by atoms with E-state index < -0.39 is 0 Å². The van der Waals surface area contributed by atoms with E-state index in [1.807, 2.05) is 47.4 Å². The predicted molar refractivity (Wildman–Crippen MR) is 102 cm³/mol. The Kier molecular flexibility index (Phi) is 7.47. The van der Waals surface area contributed by atoms with Crippen LogP contribution in [0.1, 0.15) is 37.7 Å². The van der Waals surface area contributed by atoms with E-state index in [2.05, 4.69) is 10.4 Å². The molecule has 25 heavy (non-hydrogen) atoms. The average Bonchev–Trinajstić information content (AvgIpc) is 3.10. The van der Waals surface area contributed by atoms with Gasteiger partial charge in [-0.1, -0.05) is 31.0 Å². The number of benzene rings is 1. The van der Waals surface area contributed by atoms with Gasteiger partial charge >= 0.3 is 0 Å². The number of aryl methyl sites for hydroxylation is 1. The SMILES string of the molecule is Cl.NCC1CCCCC1NC(=O)CCc1cnn(-c2ccccc2)c1. The first kappa shape index (κ1) is 19.5. The fourth-order valence-electron chi connectivity index (χ4n) is 3.43. The van der Waals surface area contributed by atoms with Gasteiger partial charge in [-0.25, -0.2) is 4.68 Å². The van der Waals surface area contributed by atoms with Crippen molar-refractivity contribution >= 4 is 18.3 Å². The highest BCUT2D eigenvalue weighted by molar-refractivity contribution is 5.85. The first-order valence-electron chi connectivity index (χ1n) is 8.84. The zero-order valence-electron chi connectivity index (χ0n) is 14.4. The van der Waals surface area contributed by atoms with Crippen LogP contribution in [0.2, 0.25) is 0 Å². The number of para-hydroxylation sites is 1. The van der Waals surface area contributed by atoms with Gasteiger partial charge < -0.3 is 11.1 Å². The molecular formula is C19H27ClN4O. The number of carbonyl (C=O) groups is 1. The summed E-state index contributed by atoms with van der Waals surface area (Å²) < 4.78 is 1.85. The van der Waals surface area contributed by atoms with Crippen LogP contribution in [0.3, 0.4) is 0 Å². The van der Waals surface area contributed by atoms with E-state index in [0.717, 1.165) is 24.1 Å². The molecule has 1 aromatic heterocycles. The van der Waals surface area contributed by atoms with E-state index in [1.54, 1.807) is 0 Å². The summed E-state index contributed by atoms with van der Waals surface area (Å²) in [6, 6.07) is 10.2.